The molecule has 0 aliphatic heterocycles. The molecular formula is C24H20N4O2S. The average Bonchev–Trinajstić information content (AvgIpc) is 3.34. The number of hydrogen-bond acceptors (Lipinski definition) is 4. The highest BCUT2D eigenvalue weighted by Crippen LogP contribution is 2.35. The largest absolute Gasteiger partial charge is 0.268 e. The molecule has 5 aromatic rings. The molecule has 0 radical (unpaired) electrons. The Morgan fingerprint density at radius 3 is 2.23 bits per heavy atom. The van der Waals surface area contributed by atoms with Gasteiger partial charge in [-0.2, -0.15) is 5.10 Å². The lowest BCUT2D eigenvalue weighted by Gasteiger charge is -2.11. The molecule has 0 spiro atoms. The van der Waals surface area contributed by atoms with Gasteiger partial charge in [-0.15, -0.1) is 0 Å². The molecule has 0 aliphatic carbocycles. The second-order valence-corrected chi connectivity index (χ2v) is 9.19. The number of rotatable bonds is 4. The fourth-order valence-electron chi connectivity index (χ4n) is 3.92. The number of fused-ring (bicyclic) bond motifs is 1. The van der Waals surface area contributed by atoms with Crippen molar-refractivity contribution in [3.63, 3.8) is 0 Å². The zero-order valence-electron chi connectivity index (χ0n) is 17.1. The van der Waals surface area contributed by atoms with E-state index in [1.807, 2.05) is 53.2 Å². The summed E-state index contributed by atoms with van der Waals surface area (Å²) in [5, 5.41) is 4.75. The molecular weight excluding hydrogens is 408 g/mol. The van der Waals surface area contributed by atoms with Gasteiger partial charge in [0.25, 0.3) is 10.0 Å². The maximum Gasteiger partial charge on any atom is 0.268 e. The summed E-state index contributed by atoms with van der Waals surface area (Å²) < 4.78 is 29.5. The van der Waals surface area contributed by atoms with E-state index in [-0.39, 0.29) is 4.90 Å². The van der Waals surface area contributed by atoms with Crippen molar-refractivity contribution in [2.75, 3.05) is 0 Å². The number of nitrogens with zero attached hydrogens (tertiary/aromatic N) is 4. The van der Waals surface area contributed by atoms with Crippen LogP contribution in [0.25, 0.3) is 27.9 Å². The first-order valence-corrected chi connectivity index (χ1v) is 11.3. The maximum atomic E-state index is 13.2. The Balaban J connectivity index is 1.66. The zero-order chi connectivity index (χ0) is 21.6. The number of benzene rings is 1. The molecule has 0 bridgehead atoms. The van der Waals surface area contributed by atoms with Crippen LogP contribution in [0.3, 0.4) is 0 Å². The highest BCUT2D eigenvalue weighted by Gasteiger charge is 2.21. The van der Waals surface area contributed by atoms with E-state index >= 15 is 0 Å². The van der Waals surface area contributed by atoms with Crippen molar-refractivity contribution in [2.45, 2.75) is 18.7 Å². The van der Waals surface area contributed by atoms with Crippen LogP contribution in [0.5, 0.6) is 0 Å². The van der Waals surface area contributed by atoms with E-state index in [0.29, 0.717) is 11.4 Å². The second kappa shape index (κ2) is 7.21. The summed E-state index contributed by atoms with van der Waals surface area (Å²) in [6.45, 7) is 3.58. The van der Waals surface area contributed by atoms with Gasteiger partial charge in [-0.25, -0.2) is 16.9 Å². The second-order valence-electron chi connectivity index (χ2n) is 7.41. The van der Waals surface area contributed by atoms with Gasteiger partial charge >= 0.3 is 0 Å². The summed E-state index contributed by atoms with van der Waals surface area (Å²) >= 11 is 0. The van der Waals surface area contributed by atoms with Crippen LogP contribution in [-0.4, -0.2) is 27.0 Å². The Hall–Kier alpha value is -3.71. The van der Waals surface area contributed by atoms with E-state index in [1.54, 1.807) is 50.5 Å². The zero-order valence-corrected chi connectivity index (χ0v) is 17.9. The standard InChI is InChI=1S/C24H20N4O2S/c1-17-8-9-18(2)28(17)31(29,30)21-12-10-19(11-13-21)23-22-7-3-4-15-27(22)26-24(23)20-6-5-14-25-16-20/h3-16H,1-2H3. The molecule has 0 N–H and O–H groups in total. The highest BCUT2D eigenvalue weighted by atomic mass is 32.2. The van der Waals surface area contributed by atoms with Crippen LogP contribution in [0.2, 0.25) is 0 Å². The third-order valence-corrected chi connectivity index (χ3v) is 7.29. The van der Waals surface area contributed by atoms with Gasteiger partial charge in [0.2, 0.25) is 0 Å². The molecule has 4 heterocycles. The quantitative estimate of drug-likeness (QED) is 0.415. The predicted molar refractivity (Wildman–Crippen MR) is 120 cm³/mol. The molecule has 154 valence electrons. The summed E-state index contributed by atoms with van der Waals surface area (Å²) in [6, 6.07) is 20.3. The molecule has 1 aromatic carbocycles. The Morgan fingerprint density at radius 1 is 0.806 bits per heavy atom. The third kappa shape index (κ3) is 3.14. The SMILES string of the molecule is Cc1ccc(C)n1S(=O)(=O)c1ccc(-c2c(-c3cccnc3)nn3ccccc23)cc1. The monoisotopic (exact) mass is 428 g/mol. The Bertz CT molecular complexity index is 1480. The van der Waals surface area contributed by atoms with Crippen molar-refractivity contribution in [1.82, 2.24) is 18.6 Å². The first-order valence-electron chi connectivity index (χ1n) is 9.85. The Kier molecular flexibility index (Phi) is 4.48. The minimum absolute atomic E-state index is 0.248. The molecule has 31 heavy (non-hydrogen) atoms. The third-order valence-electron chi connectivity index (χ3n) is 5.36. The maximum absolute atomic E-state index is 13.2. The summed E-state index contributed by atoms with van der Waals surface area (Å²) in [5.74, 6) is 0. The normalized spacial score (nSPS) is 11.8. The van der Waals surface area contributed by atoms with E-state index in [1.165, 1.54) is 3.97 Å². The van der Waals surface area contributed by atoms with Gasteiger partial charge < -0.3 is 0 Å². The Labute approximate surface area is 180 Å². The molecule has 4 aromatic heterocycles. The smallest absolute Gasteiger partial charge is 0.264 e. The fraction of sp³-hybridized carbons (Fsp3) is 0.0833. The van der Waals surface area contributed by atoms with Crippen molar-refractivity contribution in [2.24, 2.45) is 0 Å². The predicted octanol–water partition coefficient (Wildman–Crippen LogP) is 4.72. The molecule has 6 nitrogen and oxygen atoms in total. The van der Waals surface area contributed by atoms with Gasteiger partial charge in [0.05, 0.1) is 10.4 Å². The lowest BCUT2D eigenvalue weighted by Crippen LogP contribution is -2.15. The van der Waals surface area contributed by atoms with Crippen LogP contribution in [0.1, 0.15) is 11.4 Å². The van der Waals surface area contributed by atoms with Gasteiger partial charge in [-0.05, 0) is 67.9 Å². The first kappa shape index (κ1) is 19.3. The Morgan fingerprint density at radius 2 is 1.55 bits per heavy atom. The summed E-state index contributed by atoms with van der Waals surface area (Å²) in [6.07, 6.45) is 5.40. The van der Waals surface area contributed by atoms with Crippen molar-refractivity contribution >= 4 is 15.5 Å². The van der Waals surface area contributed by atoms with E-state index in [2.05, 4.69) is 4.98 Å². The first-order chi connectivity index (χ1) is 15.0. The molecule has 0 unspecified atom stereocenters. The minimum atomic E-state index is -3.66. The van der Waals surface area contributed by atoms with Gasteiger partial charge in [-0.3, -0.25) is 4.98 Å². The molecule has 0 atom stereocenters. The van der Waals surface area contributed by atoms with Gasteiger partial charge in [0.15, 0.2) is 0 Å². The van der Waals surface area contributed by atoms with Gasteiger partial charge in [0.1, 0.15) is 5.69 Å². The fourth-order valence-corrected chi connectivity index (χ4v) is 5.49. The van der Waals surface area contributed by atoms with Crippen LogP contribution in [0, 0.1) is 13.8 Å². The van der Waals surface area contributed by atoms with Crippen molar-refractivity contribution in [3.8, 4) is 22.4 Å². The van der Waals surface area contributed by atoms with Gasteiger partial charge in [0, 0.05) is 41.1 Å². The van der Waals surface area contributed by atoms with E-state index in [4.69, 9.17) is 5.10 Å². The lowest BCUT2D eigenvalue weighted by atomic mass is 10.0. The average molecular weight is 429 g/mol. The minimum Gasteiger partial charge on any atom is -0.264 e. The van der Waals surface area contributed by atoms with Crippen LogP contribution in [-0.2, 0) is 10.0 Å². The summed E-state index contributed by atoms with van der Waals surface area (Å²) in [7, 11) is -3.66. The van der Waals surface area contributed by atoms with Crippen molar-refractivity contribution in [3.05, 3.63) is 96.7 Å². The number of aryl methyl sites for hydroxylation is 2. The number of aromatic nitrogens is 4. The van der Waals surface area contributed by atoms with Crippen molar-refractivity contribution < 1.29 is 8.42 Å². The van der Waals surface area contributed by atoms with E-state index < -0.39 is 10.0 Å². The van der Waals surface area contributed by atoms with E-state index in [0.717, 1.165) is 27.9 Å². The molecule has 0 aliphatic rings. The number of hydrogen-bond donors (Lipinski definition) is 0. The van der Waals surface area contributed by atoms with E-state index in [9.17, 15) is 8.42 Å². The topological polar surface area (TPSA) is 69.3 Å². The summed E-state index contributed by atoms with van der Waals surface area (Å²) in [4.78, 5) is 4.47. The van der Waals surface area contributed by atoms with Crippen molar-refractivity contribution in [1.29, 1.82) is 0 Å². The lowest BCUT2D eigenvalue weighted by molar-refractivity contribution is 0.585. The highest BCUT2D eigenvalue weighted by molar-refractivity contribution is 7.90. The van der Waals surface area contributed by atoms with Crippen LogP contribution >= 0.6 is 0 Å². The van der Waals surface area contributed by atoms with Gasteiger partial charge in [-0.1, -0.05) is 18.2 Å². The number of pyridine rings is 2. The molecule has 5 rings (SSSR count). The molecule has 0 saturated carbocycles. The van der Waals surface area contributed by atoms with Crippen LogP contribution < -0.4 is 0 Å². The van der Waals surface area contributed by atoms with Crippen LogP contribution in [0.4, 0.5) is 0 Å². The molecule has 0 saturated heterocycles. The molecule has 0 fully saturated rings. The summed E-state index contributed by atoms with van der Waals surface area (Å²) in [5.41, 5.74) is 5.83. The molecule has 7 heteroatoms. The van der Waals surface area contributed by atoms with Crippen LogP contribution in [0.15, 0.2) is 90.2 Å². The molecule has 0 amide bonds.